The largest absolute Gasteiger partial charge is 0.471 e. The van der Waals surface area contributed by atoms with E-state index in [2.05, 4.69) is 10.2 Å². The van der Waals surface area contributed by atoms with Crippen LogP contribution in [0.4, 0.5) is 0 Å². The molecule has 3 nitrogen and oxygen atoms in total. The van der Waals surface area contributed by atoms with Gasteiger partial charge >= 0.3 is 0 Å². The normalized spacial score (nSPS) is 10.4. The Kier molecular flexibility index (Phi) is 4.04. The molecule has 1 aromatic carbocycles. The lowest BCUT2D eigenvalue weighted by molar-refractivity contribution is 0.287. The molecule has 18 heavy (non-hydrogen) atoms. The molecule has 1 aromatic heterocycles. The average Bonchev–Trinajstić information content (AvgIpc) is 2.37. The molecule has 1 heterocycles. The molecular weight excluding hydrogens is 271 g/mol. The standard InChI is InChI=1S/C13H12Cl2N2O/c1-8-9(2)13(17-16-12(8)15)18-7-10-5-3-4-6-11(10)14/h3-6H,7H2,1-2H3. The molecule has 0 saturated carbocycles. The van der Waals surface area contributed by atoms with Crippen molar-refractivity contribution in [3.8, 4) is 5.88 Å². The summed E-state index contributed by atoms with van der Waals surface area (Å²) in [5.41, 5.74) is 2.68. The van der Waals surface area contributed by atoms with E-state index in [0.29, 0.717) is 22.7 Å². The fraction of sp³-hybridized carbons (Fsp3) is 0.231. The Hall–Kier alpha value is -1.32. The van der Waals surface area contributed by atoms with Gasteiger partial charge in [0.25, 0.3) is 0 Å². The summed E-state index contributed by atoms with van der Waals surface area (Å²) in [6.07, 6.45) is 0. The van der Waals surface area contributed by atoms with E-state index in [1.807, 2.05) is 38.1 Å². The third-order valence-electron chi connectivity index (χ3n) is 2.74. The number of benzene rings is 1. The van der Waals surface area contributed by atoms with Gasteiger partial charge in [0.1, 0.15) is 6.61 Å². The summed E-state index contributed by atoms with van der Waals surface area (Å²) in [5, 5.41) is 8.84. The molecule has 5 heteroatoms. The van der Waals surface area contributed by atoms with E-state index in [1.54, 1.807) is 0 Å². The zero-order valence-electron chi connectivity index (χ0n) is 10.1. The molecule has 0 bridgehead atoms. The first kappa shape index (κ1) is 13.1. The number of aromatic nitrogens is 2. The Morgan fingerprint density at radius 3 is 2.50 bits per heavy atom. The number of hydrogen-bond acceptors (Lipinski definition) is 3. The first-order chi connectivity index (χ1) is 8.59. The monoisotopic (exact) mass is 282 g/mol. The van der Waals surface area contributed by atoms with Gasteiger partial charge in [-0.3, -0.25) is 0 Å². The predicted octanol–water partition coefficient (Wildman–Crippen LogP) is 3.98. The van der Waals surface area contributed by atoms with Gasteiger partial charge in [-0.05, 0) is 25.5 Å². The Balaban J connectivity index is 2.17. The molecule has 0 unspecified atom stereocenters. The summed E-state index contributed by atoms with van der Waals surface area (Å²) in [5.74, 6) is 0.483. The van der Waals surface area contributed by atoms with Crippen LogP contribution < -0.4 is 4.74 Å². The van der Waals surface area contributed by atoms with Crippen LogP contribution in [-0.4, -0.2) is 10.2 Å². The Bertz CT molecular complexity index is 573. The predicted molar refractivity (Wildman–Crippen MR) is 72.3 cm³/mol. The van der Waals surface area contributed by atoms with Crippen LogP contribution in [0.25, 0.3) is 0 Å². The number of ether oxygens (including phenoxy) is 1. The first-order valence-electron chi connectivity index (χ1n) is 5.45. The molecule has 0 atom stereocenters. The molecule has 0 amide bonds. The van der Waals surface area contributed by atoms with Crippen molar-refractivity contribution in [2.75, 3.05) is 0 Å². The van der Waals surface area contributed by atoms with E-state index in [-0.39, 0.29) is 0 Å². The second-order valence-corrected chi connectivity index (χ2v) is 4.69. The van der Waals surface area contributed by atoms with Crippen molar-refractivity contribution in [1.82, 2.24) is 10.2 Å². The van der Waals surface area contributed by atoms with Crippen LogP contribution >= 0.6 is 23.2 Å². The number of halogens is 2. The molecule has 0 spiro atoms. The highest BCUT2D eigenvalue weighted by molar-refractivity contribution is 6.31. The van der Waals surface area contributed by atoms with Crippen LogP contribution in [0.15, 0.2) is 24.3 Å². The summed E-state index contributed by atoms with van der Waals surface area (Å²) in [7, 11) is 0. The number of hydrogen-bond donors (Lipinski definition) is 0. The molecule has 94 valence electrons. The van der Waals surface area contributed by atoms with E-state index in [9.17, 15) is 0 Å². The quantitative estimate of drug-likeness (QED) is 0.854. The summed E-state index contributed by atoms with van der Waals surface area (Å²) >= 11 is 11.9. The lowest BCUT2D eigenvalue weighted by Gasteiger charge is -2.10. The van der Waals surface area contributed by atoms with Gasteiger partial charge in [0.05, 0.1) is 0 Å². The van der Waals surface area contributed by atoms with Crippen LogP contribution in [0.5, 0.6) is 5.88 Å². The third-order valence-corrected chi connectivity index (χ3v) is 3.47. The molecular formula is C13H12Cl2N2O. The van der Waals surface area contributed by atoms with E-state index in [4.69, 9.17) is 27.9 Å². The zero-order valence-corrected chi connectivity index (χ0v) is 11.6. The first-order valence-corrected chi connectivity index (χ1v) is 6.20. The minimum atomic E-state index is 0.357. The third kappa shape index (κ3) is 2.74. The van der Waals surface area contributed by atoms with Crippen LogP contribution in [0.1, 0.15) is 16.7 Å². The van der Waals surface area contributed by atoms with Gasteiger partial charge in [0, 0.05) is 16.1 Å². The van der Waals surface area contributed by atoms with Crippen LogP contribution in [-0.2, 0) is 6.61 Å². The van der Waals surface area contributed by atoms with Gasteiger partial charge in [0.15, 0.2) is 5.15 Å². The summed E-state index contributed by atoms with van der Waals surface area (Å²) in [6, 6.07) is 7.53. The van der Waals surface area contributed by atoms with Crippen LogP contribution in [0.3, 0.4) is 0 Å². The van der Waals surface area contributed by atoms with Crippen molar-refractivity contribution >= 4 is 23.2 Å². The molecule has 0 aliphatic carbocycles. The maximum absolute atomic E-state index is 6.05. The maximum Gasteiger partial charge on any atom is 0.237 e. The summed E-state index contributed by atoms with van der Waals surface area (Å²) < 4.78 is 5.62. The Morgan fingerprint density at radius 1 is 1.06 bits per heavy atom. The smallest absolute Gasteiger partial charge is 0.237 e. The van der Waals surface area contributed by atoms with Gasteiger partial charge < -0.3 is 4.74 Å². The van der Waals surface area contributed by atoms with E-state index < -0.39 is 0 Å². The molecule has 2 aromatic rings. The SMILES string of the molecule is Cc1c(Cl)nnc(OCc2ccccc2Cl)c1C. The molecule has 0 N–H and O–H groups in total. The minimum Gasteiger partial charge on any atom is -0.471 e. The Morgan fingerprint density at radius 2 is 1.78 bits per heavy atom. The van der Waals surface area contributed by atoms with E-state index >= 15 is 0 Å². The van der Waals surface area contributed by atoms with Gasteiger partial charge in [-0.1, -0.05) is 41.4 Å². The Labute approximate surface area is 116 Å². The topological polar surface area (TPSA) is 35.0 Å². The van der Waals surface area contributed by atoms with Crippen molar-refractivity contribution in [3.63, 3.8) is 0 Å². The molecule has 0 fully saturated rings. The highest BCUT2D eigenvalue weighted by atomic mass is 35.5. The van der Waals surface area contributed by atoms with Gasteiger partial charge in [-0.2, -0.15) is 0 Å². The van der Waals surface area contributed by atoms with Crippen molar-refractivity contribution in [2.45, 2.75) is 20.5 Å². The molecule has 0 radical (unpaired) electrons. The molecule has 0 aliphatic rings. The fourth-order valence-corrected chi connectivity index (χ4v) is 1.82. The average molecular weight is 283 g/mol. The zero-order chi connectivity index (χ0) is 13.1. The second-order valence-electron chi connectivity index (χ2n) is 3.93. The summed E-state index contributed by atoms with van der Waals surface area (Å²) in [6.45, 7) is 4.14. The van der Waals surface area contributed by atoms with Crippen molar-refractivity contribution in [1.29, 1.82) is 0 Å². The minimum absolute atomic E-state index is 0.357. The van der Waals surface area contributed by atoms with Gasteiger partial charge in [-0.25, -0.2) is 0 Å². The highest BCUT2D eigenvalue weighted by Crippen LogP contribution is 2.24. The maximum atomic E-state index is 6.05. The van der Waals surface area contributed by atoms with Crippen molar-refractivity contribution in [2.24, 2.45) is 0 Å². The van der Waals surface area contributed by atoms with Crippen LogP contribution in [0, 0.1) is 13.8 Å². The fourth-order valence-electron chi connectivity index (χ4n) is 1.45. The lowest BCUT2D eigenvalue weighted by Crippen LogP contribution is -2.02. The lowest BCUT2D eigenvalue weighted by atomic mass is 10.2. The van der Waals surface area contributed by atoms with Crippen LogP contribution in [0.2, 0.25) is 10.2 Å². The van der Waals surface area contributed by atoms with Crippen molar-refractivity contribution in [3.05, 3.63) is 51.1 Å². The summed E-state index contributed by atoms with van der Waals surface area (Å²) in [4.78, 5) is 0. The second kappa shape index (κ2) is 5.55. The van der Waals surface area contributed by atoms with E-state index in [1.165, 1.54) is 0 Å². The van der Waals surface area contributed by atoms with Crippen molar-refractivity contribution < 1.29 is 4.74 Å². The molecule has 2 rings (SSSR count). The molecule has 0 saturated heterocycles. The molecule has 0 aliphatic heterocycles. The van der Waals surface area contributed by atoms with Gasteiger partial charge in [-0.15, -0.1) is 10.2 Å². The van der Waals surface area contributed by atoms with Gasteiger partial charge in [0.2, 0.25) is 5.88 Å². The number of rotatable bonds is 3. The number of nitrogens with zero attached hydrogens (tertiary/aromatic N) is 2. The highest BCUT2D eigenvalue weighted by Gasteiger charge is 2.09. The van der Waals surface area contributed by atoms with E-state index in [0.717, 1.165) is 16.7 Å².